The summed E-state index contributed by atoms with van der Waals surface area (Å²) in [5.41, 5.74) is 2.55. The van der Waals surface area contributed by atoms with Crippen molar-refractivity contribution in [3.8, 4) is 5.75 Å². The molecule has 1 heterocycles. The van der Waals surface area contributed by atoms with Gasteiger partial charge in [0.1, 0.15) is 5.75 Å². The van der Waals surface area contributed by atoms with Crippen LogP contribution in [0.25, 0.3) is 0 Å². The summed E-state index contributed by atoms with van der Waals surface area (Å²) in [6.45, 7) is 5.35. The second kappa shape index (κ2) is 11.3. The molecule has 168 valence electrons. The Morgan fingerprint density at radius 3 is 2.77 bits per heavy atom. The molecule has 0 spiro atoms. The molecule has 2 atom stereocenters. The molecule has 4 nitrogen and oxygen atoms in total. The van der Waals surface area contributed by atoms with Crippen LogP contribution < -0.4 is 10.1 Å². The minimum atomic E-state index is -0.0118. The molecule has 0 aliphatic heterocycles. The van der Waals surface area contributed by atoms with Gasteiger partial charge in [-0.25, -0.2) is 0 Å². The van der Waals surface area contributed by atoms with E-state index in [9.17, 15) is 4.79 Å². The number of carbonyl (C=O) groups excluding carboxylic acids is 1. The largest absolute Gasteiger partial charge is 0.497 e. The van der Waals surface area contributed by atoms with Crippen molar-refractivity contribution in [1.82, 2.24) is 10.3 Å². The van der Waals surface area contributed by atoms with Crippen molar-refractivity contribution in [1.29, 1.82) is 0 Å². The van der Waals surface area contributed by atoms with Gasteiger partial charge in [-0.2, -0.15) is 0 Å². The predicted molar refractivity (Wildman–Crippen MR) is 126 cm³/mol. The van der Waals surface area contributed by atoms with Gasteiger partial charge >= 0.3 is 0 Å². The number of amides is 1. The quantitative estimate of drug-likeness (QED) is 0.421. The monoisotopic (exact) mass is 422 g/mol. The van der Waals surface area contributed by atoms with Crippen LogP contribution in [0.4, 0.5) is 0 Å². The van der Waals surface area contributed by atoms with Crippen LogP contribution in [0.2, 0.25) is 0 Å². The fourth-order valence-electron chi connectivity index (χ4n) is 4.95. The molecule has 0 saturated heterocycles. The fraction of sp³-hybridized carbons (Fsp3) is 0.556. The van der Waals surface area contributed by atoms with Crippen LogP contribution >= 0.6 is 0 Å². The molecule has 3 rings (SSSR count). The predicted octanol–water partition coefficient (Wildman–Crippen LogP) is 5.70. The van der Waals surface area contributed by atoms with Gasteiger partial charge in [0, 0.05) is 25.4 Å². The van der Waals surface area contributed by atoms with Crippen molar-refractivity contribution < 1.29 is 9.53 Å². The molecule has 31 heavy (non-hydrogen) atoms. The zero-order valence-corrected chi connectivity index (χ0v) is 19.4. The van der Waals surface area contributed by atoms with Gasteiger partial charge < -0.3 is 10.1 Å². The Hall–Kier alpha value is -2.36. The van der Waals surface area contributed by atoms with Crippen molar-refractivity contribution in [3.05, 3.63) is 59.9 Å². The Kier molecular flexibility index (Phi) is 8.51. The average Bonchev–Trinajstić information content (AvgIpc) is 3.63. The lowest BCUT2D eigenvalue weighted by molar-refractivity contribution is -0.122. The molecule has 1 aliphatic carbocycles. The van der Waals surface area contributed by atoms with Gasteiger partial charge in [-0.15, -0.1) is 0 Å². The third-order valence-corrected chi connectivity index (χ3v) is 6.85. The zero-order valence-electron chi connectivity index (χ0n) is 19.4. The summed E-state index contributed by atoms with van der Waals surface area (Å²) < 4.78 is 5.49. The Morgan fingerprint density at radius 2 is 2.10 bits per heavy atom. The van der Waals surface area contributed by atoms with E-state index in [1.807, 2.05) is 18.3 Å². The van der Waals surface area contributed by atoms with Gasteiger partial charge in [0.05, 0.1) is 7.11 Å². The summed E-state index contributed by atoms with van der Waals surface area (Å²) in [5.74, 6) is 2.12. The maximum absolute atomic E-state index is 12.9. The molecule has 1 aromatic carbocycles. The van der Waals surface area contributed by atoms with Gasteiger partial charge in [-0.05, 0) is 85.1 Å². The van der Waals surface area contributed by atoms with Gasteiger partial charge in [-0.1, -0.05) is 38.5 Å². The maximum atomic E-state index is 12.9. The van der Waals surface area contributed by atoms with Crippen molar-refractivity contribution in [2.24, 2.45) is 11.8 Å². The molecule has 0 radical (unpaired) electrons. The average molecular weight is 423 g/mol. The number of hydrogen-bond donors (Lipinski definition) is 1. The second-order valence-electron chi connectivity index (χ2n) is 9.22. The summed E-state index contributed by atoms with van der Waals surface area (Å²) in [4.78, 5) is 17.0. The first-order valence-corrected chi connectivity index (χ1v) is 11.9. The van der Waals surface area contributed by atoms with E-state index in [-0.39, 0.29) is 11.3 Å². The molecule has 2 unspecified atom stereocenters. The number of benzene rings is 1. The highest BCUT2D eigenvalue weighted by Crippen LogP contribution is 2.51. The number of aromatic nitrogens is 1. The molecule has 1 aromatic heterocycles. The van der Waals surface area contributed by atoms with Crippen LogP contribution in [0.5, 0.6) is 5.75 Å². The van der Waals surface area contributed by atoms with Crippen LogP contribution in [-0.2, 0) is 16.6 Å². The number of nitrogens with one attached hydrogen (secondary N) is 1. The van der Waals surface area contributed by atoms with E-state index < -0.39 is 0 Å². The van der Waals surface area contributed by atoms with Crippen molar-refractivity contribution >= 4 is 5.91 Å². The molecular formula is C27H38N2O2. The molecule has 2 aromatic rings. The lowest BCUT2D eigenvalue weighted by Crippen LogP contribution is -2.38. The molecule has 1 saturated carbocycles. The number of pyridine rings is 1. The first kappa shape index (κ1) is 23.3. The zero-order chi connectivity index (χ0) is 22.1. The van der Waals surface area contributed by atoms with Gasteiger partial charge in [0.25, 0.3) is 0 Å². The number of carbonyl (C=O) groups is 1. The maximum Gasteiger partial charge on any atom is 0.220 e. The van der Waals surface area contributed by atoms with E-state index in [2.05, 4.69) is 48.4 Å². The minimum Gasteiger partial charge on any atom is -0.497 e. The summed E-state index contributed by atoms with van der Waals surface area (Å²) >= 11 is 0. The Labute approximate surface area is 187 Å². The molecule has 0 bridgehead atoms. The Morgan fingerprint density at radius 1 is 1.26 bits per heavy atom. The lowest BCUT2D eigenvalue weighted by atomic mass is 9.65. The summed E-state index contributed by atoms with van der Waals surface area (Å²) in [6, 6.07) is 12.5. The normalized spacial score (nSPS) is 16.4. The molecule has 4 heteroatoms. The number of methoxy groups -OCH3 is 1. The number of unbranched alkanes of at least 4 members (excludes halogenated alkanes) is 1. The highest BCUT2D eigenvalue weighted by Gasteiger charge is 2.45. The van der Waals surface area contributed by atoms with Crippen LogP contribution in [0.15, 0.2) is 48.8 Å². The molecule has 1 fully saturated rings. The summed E-state index contributed by atoms with van der Waals surface area (Å²) in [5, 5.41) is 3.19. The van der Waals surface area contributed by atoms with E-state index in [0.717, 1.165) is 44.4 Å². The fourth-order valence-corrected chi connectivity index (χ4v) is 4.95. The SMILES string of the molecule is CCCC(C)(c1cccc(OC)c1)C(CC(=O)NCCCCc1cccnc1)C1CC1. The van der Waals surface area contributed by atoms with E-state index in [0.29, 0.717) is 18.3 Å². The number of rotatable bonds is 13. The van der Waals surface area contributed by atoms with E-state index in [4.69, 9.17) is 4.74 Å². The van der Waals surface area contributed by atoms with Crippen molar-refractivity contribution in [2.45, 2.75) is 70.6 Å². The third kappa shape index (κ3) is 6.56. The van der Waals surface area contributed by atoms with Crippen LogP contribution in [0.3, 0.4) is 0 Å². The summed E-state index contributed by atoms with van der Waals surface area (Å²) in [6.07, 6.45) is 12.1. The topological polar surface area (TPSA) is 51.2 Å². The van der Waals surface area contributed by atoms with Crippen LogP contribution in [0, 0.1) is 11.8 Å². The minimum absolute atomic E-state index is 0.0118. The molecule has 1 N–H and O–H groups in total. The highest BCUT2D eigenvalue weighted by molar-refractivity contribution is 5.76. The van der Waals surface area contributed by atoms with Crippen LogP contribution in [-0.4, -0.2) is 24.5 Å². The van der Waals surface area contributed by atoms with E-state index >= 15 is 0 Å². The molecule has 1 amide bonds. The lowest BCUT2D eigenvalue weighted by Gasteiger charge is -2.39. The summed E-state index contributed by atoms with van der Waals surface area (Å²) in [7, 11) is 1.72. The molecular weight excluding hydrogens is 384 g/mol. The van der Waals surface area contributed by atoms with Crippen molar-refractivity contribution in [2.75, 3.05) is 13.7 Å². The number of aryl methyl sites for hydroxylation is 1. The van der Waals surface area contributed by atoms with Crippen molar-refractivity contribution in [3.63, 3.8) is 0 Å². The Bertz CT molecular complexity index is 819. The Balaban J connectivity index is 1.57. The molecule has 1 aliphatic rings. The van der Waals surface area contributed by atoms with Gasteiger partial charge in [0.15, 0.2) is 0 Å². The van der Waals surface area contributed by atoms with Crippen LogP contribution in [0.1, 0.15) is 69.9 Å². The second-order valence-corrected chi connectivity index (χ2v) is 9.22. The van der Waals surface area contributed by atoms with Gasteiger partial charge in [-0.3, -0.25) is 9.78 Å². The smallest absolute Gasteiger partial charge is 0.220 e. The highest BCUT2D eigenvalue weighted by atomic mass is 16.5. The van der Waals surface area contributed by atoms with E-state index in [1.165, 1.54) is 24.0 Å². The first-order valence-electron chi connectivity index (χ1n) is 11.9. The standard InChI is InChI=1S/C27H38N2O2/c1-4-15-27(2,23-11-7-12-24(18-23)31-3)25(22-13-14-22)19-26(30)29-17-6-5-9-21-10-8-16-28-20-21/h7-8,10-12,16,18,20,22,25H,4-6,9,13-15,17,19H2,1-3H3,(H,29,30). The number of ether oxygens (including phenoxy) is 1. The number of hydrogen-bond acceptors (Lipinski definition) is 3. The van der Waals surface area contributed by atoms with E-state index in [1.54, 1.807) is 13.3 Å². The van der Waals surface area contributed by atoms with Gasteiger partial charge in [0.2, 0.25) is 5.91 Å². The third-order valence-electron chi connectivity index (χ3n) is 6.85. The first-order chi connectivity index (χ1) is 15.1. The number of nitrogens with zero attached hydrogens (tertiary/aromatic N) is 1.